The number of carbonyl (C=O) groups excluding carboxylic acids is 3. The van der Waals surface area contributed by atoms with E-state index in [1.807, 2.05) is 13.8 Å². The van der Waals surface area contributed by atoms with Crippen LogP contribution in [0.1, 0.15) is 55.4 Å². The minimum absolute atomic E-state index is 0.190. The topological polar surface area (TPSA) is 119 Å². The molecule has 2 N–H and O–H groups in total. The largest absolute Gasteiger partial charge is 0.461 e. The van der Waals surface area contributed by atoms with Crippen LogP contribution >= 0.6 is 11.3 Å². The summed E-state index contributed by atoms with van der Waals surface area (Å²) in [6.45, 7) is 9.08. The molecule has 0 radical (unpaired) electrons. The number of aryl methyl sites for hydroxylation is 1. The Morgan fingerprint density at radius 1 is 1.12 bits per heavy atom. The molecule has 34 heavy (non-hydrogen) atoms. The predicted molar refractivity (Wildman–Crippen MR) is 132 cm³/mol. The first kappa shape index (κ1) is 25.1. The fourth-order valence-corrected chi connectivity index (χ4v) is 4.47. The second kappa shape index (κ2) is 10.6. The van der Waals surface area contributed by atoms with Crippen LogP contribution < -0.4 is 16.2 Å². The average molecular weight is 485 g/mol. The third-order valence-corrected chi connectivity index (χ3v) is 6.29. The van der Waals surface area contributed by atoms with E-state index >= 15 is 0 Å². The summed E-state index contributed by atoms with van der Waals surface area (Å²) < 4.78 is 6.62. The van der Waals surface area contributed by atoms with Gasteiger partial charge in [0.2, 0.25) is 11.8 Å². The molecule has 3 aromatic rings. The molecule has 0 saturated carbocycles. The highest BCUT2D eigenvalue weighted by atomic mass is 32.1. The summed E-state index contributed by atoms with van der Waals surface area (Å²) in [5, 5.41) is 5.78. The lowest BCUT2D eigenvalue weighted by Gasteiger charge is -2.18. The maximum Gasteiger partial charge on any atom is 0.348 e. The molecule has 2 amide bonds. The van der Waals surface area contributed by atoms with Gasteiger partial charge in [0.1, 0.15) is 15.7 Å². The Balaban J connectivity index is 1.87. The highest BCUT2D eigenvalue weighted by Crippen LogP contribution is 2.28. The second-order valence-corrected chi connectivity index (χ2v) is 9.36. The number of esters is 1. The van der Waals surface area contributed by atoms with Crippen molar-refractivity contribution in [1.29, 1.82) is 0 Å². The Kier molecular flexibility index (Phi) is 7.83. The van der Waals surface area contributed by atoms with Gasteiger partial charge in [-0.05, 0) is 49.1 Å². The molecule has 1 aromatic carbocycles. The van der Waals surface area contributed by atoms with Crippen LogP contribution in [0.3, 0.4) is 0 Å². The quantitative estimate of drug-likeness (QED) is 0.464. The summed E-state index contributed by atoms with van der Waals surface area (Å²) >= 11 is 1.11. The predicted octanol–water partition coefficient (Wildman–Crippen LogP) is 4.13. The lowest BCUT2D eigenvalue weighted by atomic mass is 10.1. The van der Waals surface area contributed by atoms with E-state index in [2.05, 4.69) is 15.6 Å². The van der Waals surface area contributed by atoms with E-state index in [1.165, 1.54) is 17.8 Å². The van der Waals surface area contributed by atoms with Crippen molar-refractivity contribution in [2.45, 2.75) is 47.1 Å². The third kappa shape index (κ3) is 5.51. The molecule has 180 valence electrons. The van der Waals surface area contributed by atoms with Gasteiger partial charge in [-0.25, -0.2) is 9.78 Å². The molecule has 2 aromatic heterocycles. The molecule has 0 aliphatic rings. The summed E-state index contributed by atoms with van der Waals surface area (Å²) in [4.78, 5) is 55.1. The summed E-state index contributed by atoms with van der Waals surface area (Å²) in [5.41, 5.74) is 1.26. The smallest absolute Gasteiger partial charge is 0.348 e. The number of nitrogens with one attached hydrogen (secondary N) is 2. The number of carbonyl (C=O) groups is 3. The van der Waals surface area contributed by atoms with Gasteiger partial charge in [-0.15, -0.1) is 11.3 Å². The van der Waals surface area contributed by atoms with E-state index in [1.54, 1.807) is 38.1 Å². The Morgan fingerprint density at radius 2 is 1.74 bits per heavy atom. The minimum Gasteiger partial charge on any atom is -0.461 e. The van der Waals surface area contributed by atoms with Crippen LogP contribution in [-0.4, -0.2) is 33.9 Å². The average Bonchev–Trinajstić information content (AvgIpc) is 3.12. The van der Waals surface area contributed by atoms with Crippen molar-refractivity contribution in [3.8, 4) is 0 Å². The van der Waals surface area contributed by atoms with Crippen LogP contribution in [0.25, 0.3) is 10.2 Å². The van der Waals surface area contributed by atoms with Gasteiger partial charge in [0.05, 0.1) is 18.3 Å². The molecule has 0 spiro atoms. The number of anilines is 2. The zero-order chi connectivity index (χ0) is 25.0. The van der Waals surface area contributed by atoms with E-state index in [4.69, 9.17) is 4.74 Å². The van der Waals surface area contributed by atoms with Gasteiger partial charge in [0, 0.05) is 18.3 Å². The first-order valence-electron chi connectivity index (χ1n) is 11.0. The molecule has 2 heterocycles. The number of fused-ring (bicyclic) bond motifs is 1. The van der Waals surface area contributed by atoms with Crippen LogP contribution in [0, 0.1) is 12.8 Å². The molecular formula is C24H28N4O5S. The molecule has 0 saturated heterocycles. The molecule has 1 unspecified atom stereocenters. The van der Waals surface area contributed by atoms with Crippen molar-refractivity contribution < 1.29 is 19.1 Å². The SMILES string of the molecule is CCC(C(=O)Nc1ccc(NC(C)=O)cc1)n1cnc2sc(C(=O)OCC(C)C)c(C)c2c1=O. The van der Waals surface area contributed by atoms with Crippen LogP contribution in [0.4, 0.5) is 11.4 Å². The molecule has 0 aliphatic carbocycles. The maximum atomic E-state index is 13.3. The molecule has 0 bridgehead atoms. The van der Waals surface area contributed by atoms with Gasteiger partial charge in [0.25, 0.3) is 5.56 Å². The number of hydrogen-bond acceptors (Lipinski definition) is 7. The molecular weight excluding hydrogens is 456 g/mol. The van der Waals surface area contributed by atoms with Crippen molar-refractivity contribution >= 4 is 50.7 Å². The fraction of sp³-hybridized carbons (Fsp3) is 0.375. The third-order valence-electron chi connectivity index (χ3n) is 5.11. The lowest BCUT2D eigenvalue weighted by Crippen LogP contribution is -2.33. The van der Waals surface area contributed by atoms with Crippen molar-refractivity contribution in [2.24, 2.45) is 5.92 Å². The summed E-state index contributed by atoms with van der Waals surface area (Å²) in [6.07, 6.45) is 1.70. The van der Waals surface area contributed by atoms with Crippen molar-refractivity contribution in [3.63, 3.8) is 0 Å². The number of thiophene rings is 1. The van der Waals surface area contributed by atoms with E-state index in [0.29, 0.717) is 38.5 Å². The van der Waals surface area contributed by atoms with E-state index < -0.39 is 12.0 Å². The lowest BCUT2D eigenvalue weighted by molar-refractivity contribution is -0.119. The maximum absolute atomic E-state index is 13.3. The van der Waals surface area contributed by atoms with Gasteiger partial charge in [-0.2, -0.15) is 0 Å². The second-order valence-electron chi connectivity index (χ2n) is 8.36. The number of aromatic nitrogens is 2. The number of amides is 2. The first-order chi connectivity index (χ1) is 16.1. The van der Waals surface area contributed by atoms with Crippen molar-refractivity contribution in [3.05, 3.63) is 51.4 Å². The summed E-state index contributed by atoms with van der Waals surface area (Å²) in [7, 11) is 0. The fourth-order valence-electron chi connectivity index (χ4n) is 3.44. The standard InChI is InChI=1S/C24H28N4O5S/c1-6-18(21(30)27-17-9-7-16(8-10-17)26-15(5)29)28-12-25-22-19(23(28)31)14(4)20(34-22)24(32)33-11-13(2)3/h7-10,12-13,18H,6,11H2,1-5H3,(H,26,29)(H,27,30). The monoisotopic (exact) mass is 484 g/mol. The Bertz CT molecular complexity index is 1280. The van der Waals surface area contributed by atoms with Gasteiger partial charge < -0.3 is 15.4 Å². The van der Waals surface area contributed by atoms with Gasteiger partial charge in [-0.3, -0.25) is 19.0 Å². The van der Waals surface area contributed by atoms with Gasteiger partial charge in [0.15, 0.2) is 0 Å². The van der Waals surface area contributed by atoms with E-state index in [-0.39, 0.29) is 29.9 Å². The van der Waals surface area contributed by atoms with Crippen LogP contribution in [0.15, 0.2) is 35.4 Å². The highest BCUT2D eigenvalue weighted by molar-refractivity contribution is 7.20. The highest BCUT2D eigenvalue weighted by Gasteiger charge is 2.25. The molecule has 0 fully saturated rings. The summed E-state index contributed by atoms with van der Waals surface area (Å²) in [6, 6.07) is 5.88. The summed E-state index contributed by atoms with van der Waals surface area (Å²) in [5.74, 6) is -0.847. The van der Waals surface area contributed by atoms with Crippen LogP contribution in [0.5, 0.6) is 0 Å². The van der Waals surface area contributed by atoms with Gasteiger partial charge >= 0.3 is 5.97 Å². The molecule has 3 rings (SSSR count). The van der Waals surface area contributed by atoms with Crippen molar-refractivity contribution in [1.82, 2.24) is 9.55 Å². The van der Waals surface area contributed by atoms with Crippen molar-refractivity contribution in [2.75, 3.05) is 17.2 Å². The first-order valence-corrected chi connectivity index (χ1v) is 11.8. The molecule has 1 atom stereocenters. The number of nitrogens with zero attached hydrogens (tertiary/aromatic N) is 2. The molecule has 10 heteroatoms. The van der Waals surface area contributed by atoms with E-state index in [9.17, 15) is 19.2 Å². The Labute approximate surface area is 201 Å². The molecule has 0 aliphatic heterocycles. The van der Waals surface area contributed by atoms with Crippen LogP contribution in [0.2, 0.25) is 0 Å². The Morgan fingerprint density at radius 3 is 2.29 bits per heavy atom. The Hall–Kier alpha value is -3.53. The zero-order valence-electron chi connectivity index (χ0n) is 19.8. The number of rotatable bonds is 8. The number of ether oxygens (including phenoxy) is 1. The van der Waals surface area contributed by atoms with Gasteiger partial charge in [-0.1, -0.05) is 20.8 Å². The van der Waals surface area contributed by atoms with Crippen LogP contribution in [-0.2, 0) is 14.3 Å². The van der Waals surface area contributed by atoms with E-state index in [0.717, 1.165) is 11.3 Å². The minimum atomic E-state index is -0.796. The normalized spacial score (nSPS) is 11.9. The number of hydrogen-bond donors (Lipinski definition) is 2. The number of benzene rings is 1. The zero-order valence-corrected chi connectivity index (χ0v) is 20.6. The molecule has 9 nitrogen and oxygen atoms in total.